The molecule has 0 aromatic heterocycles. The molecule has 0 radical (unpaired) electrons. The van der Waals surface area contributed by atoms with Crippen LogP contribution in [-0.2, 0) is 4.74 Å². The average Bonchev–Trinajstić information content (AvgIpc) is 2.31. The van der Waals surface area contributed by atoms with Crippen LogP contribution in [0.1, 0.15) is 22.3 Å². The second-order valence-electron chi connectivity index (χ2n) is 3.74. The van der Waals surface area contributed by atoms with E-state index in [2.05, 4.69) is 5.32 Å². The number of nitrogens with one attached hydrogen (secondary N) is 1. The number of ether oxygens (including phenoxy) is 1. The number of primary amides is 1. The molecule has 1 aromatic carbocycles. The zero-order valence-electron chi connectivity index (χ0n) is 10.0. The summed E-state index contributed by atoms with van der Waals surface area (Å²) in [5, 5.41) is 2.36. The Hall–Kier alpha value is -2.11. The van der Waals surface area contributed by atoms with Crippen LogP contribution in [0.25, 0.3) is 0 Å². The van der Waals surface area contributed by atoms with E-state index in [4.69, 9.17) is 10.5 Å². The van der Waals surface area contributed by atoms with Gasteiger partial charge in [-0.05, 0) is 31.0 Å². The molecule has 0 aliphatic heterocycles. The Morgan fingerprint density at radius 3 is 2.78 bits per heavy atom. The van der Waals surface area contributed by atoms with Crippen molar-refractivity contribution in [1.29, 1.82) is 0 Å². The van der Waals surface area contributed by atoms with E-state index in [0.29, 0.717) is 18.5 Å². The number of hydrogen-bond acceptors (Lipinski definition) is 3. The van der Waals surface area contributed by atoms with Gasteiger partial charge < -0.3 is 15.8 Å². The van der Waals surface area contributed by atoms with Crippen molar-refractivity contribution in [1.82, 2.24) is 5.32 Å². The van der Waals surface area contributed by atoms with Crippen molar-refractivity contribution >= 4 is 12.0 Å². The first-order chi connectivity index (χ1) is 8.50. The fraction of sp³-hybridized carbons (Fsp3) is 0.333. The lowest BCUT2D eigenvalue weighted by Crippen LogP contribution is -2.30. The van der Waals surface area contributed by atoms with E-state index >= 15 is 0 Å². The minimum Gasteiger partial charge on any atom is -0.462 e. The van der Waals surface area contributed by atoms with Crippen LogP contribution in [0.15, 0.2) is 18.2 Å². The molecule has 0 fully saturated rings. The van der Waals surface area contributed by atoms with Gasteiger partial charge in [-0.25, -0.2) is 14.0 Å². The Kier molecular flexibility index (Phi) is 5.10. The lowest BCUT2D eigenvalue weighted by molar-refractivity contribution is 0.0501. The molecule has 2 amide bonds. The third-order valence-electron chi connectivity index (χ3n) is 2.26. The number of amides is 2. The smallest absolute Gasteiger partial charge is 0.338 e. The van der Waals surface area contributed by atoms with Crippen LogP contribution in [0, 0.1) is 12.7 Å². The van der Waals surface area contributed by atoms with E-state index in [1.807, 2.05) is 0 Å². The van der Waals surface area contributed by atoms with Gasteiger partial charge in [-0.1, -0.05) is 6.07 Å². The number of aryl methyl sites for hydroxylation is 1. The zero-order chi connectivity index (χ0) is 13.5. The van der Waals surface area contributed by atoms with Crippen LogP contribution < -0.4 is 11.1 Å². The molecule has 18 heavy (non-hydrogen) atoms. The van der Waals surface area contributed by atoms with Crippen molar-refractivity contribution in [2.24, 2.45) is 5.73 Å². The van der Waals surface area contributed by atoms with Crippen molar-refractivity contribution in [3.8, 4) is 0 Å². The highest BCUT2D eigenvalue weighted by molar-refractivity contribution is 5.89. The van der Waals surface area contributed by atoms with E-state index in [1.54, 1.807) is 6.92 Å². The van der Waals surface area contributed by atoms with Crippen molar-refractivity contribution in [2.75, 3.05) is 13.2 Å². The molecule has 0 saturated carbocycles. The van der Waals surface area contributed by atoms with Gasteiger partial charge in [0.15, 0.2) is 0 Å². The molecule has 1 aromatic rings. The molecule has 98 valence electrons. The van der Waals surface area contributed by atoms with Crippen molar-refractivity contribution < 1.29 is 18.7 Å². The van der Waals surface area contributed by atoms with Gasteiger partial charge in [0.05, 0.1) is 12.2 Å². The lowest BCUT2D eigenvalue weighted by Gasteiger charge is -2.06. The maximum atomic E-state index is 13.2. The molecule has 0 aliphatic rings. The second kappa shape index (κ2) is 6.58. The number of rotatable bonds is 5. The summed E-state index contributed by atoms with van der Waals surface area (Å²) in [4.78, 5) is 21.9. The minimum absolute atomic E-state index is 0.134. The zero-order valence-corrected chi connectivity index (χ0v) is 10.0. The summed E-state index contributed by atoms with van der Waals surface area (Å²) in [5.41, 5.74) is 5.49. The third-order valence-corrected chi connectivity index (χ3v) is 2.26. The van der Waals surface area contributed by atoms with E-state index < -0.39 is 17.8 Å². The molecule has 0 atom stereocenters. The van der Waals surface area contributed by atoms with Crippen LogP contribution >= 0.6 is 0 Å². The molecule has 5 nitrogen and oxygen atoms in total. The molecule has 0 spiro atoms. The highest BCUT2D eigenvalue weighted by Crippen LogP contribution is 2.10. The molecular formula is C12H15FN2O3. The highest BCUT2D eigenvalue weighted by atomic mass is 19.1. The van der Waals surface area contributed by atoms with Gasteiger partial charge in [0.2, 0.25) is 0 Å². The standard InChI is InChI=1S/C12H15FN2O3/c1-8-3-4-9(7-10(8)13)11(16)18-6-2-5-15-12(14)17/h3-4,7H,2,5-6H2,1H3,(H3,14,15,17). The highest BCUT2D eigenvalue weighted by Gasteiger charge is 2.09. The van der Waals surface area contributed by atoms with E-state index in [-0.39, 0.29) is 12.2 Å². The van der Waals surface area contributed by atoms with Crippen LogP contribution in [0.2, 0.25) is 0 Å². The predicted octanol–water partition coefficient (Wildman–Crippen LogP) is 1.35. The summed E-state index contributed by atoms with van der Waals surface area (Å²) in [6, 6.07) is 3.53. The van der Waals surface area contributed by atoms with Crippen molar-refractivity contribution in [2.45, 2.75) is 13.3 Å². The maximum absolute atomic E-state index is 13.2. The number of halogens is 1. The van der Waals surface area contributed by atoms with Gasteiger partial charge in [0, 0.05) is 6.54 Å². The van der Waals surface area contributed by atoms with Crippen LogP contribution in [-0.4, -0.2) is 25.2 Å². The predicted molar refractivity (Wildman–Crippen MR) is 63.6 cm³/mol. The van der Waals surface area contributed by atoms with Crippen molar-refractivity contribution in [3.63, 3.8) is 0 Å². The number of benzene rings is 1. The Bertz CT molecular complexity index is 449. The Morgan fingerprint density at radius 1 is 1.44 bits per heavy atom. The molecule has 0 heterocycles. The SMILES string of the molecule is Cc1ccc(C(=O)OCCCNC(N)=O)cc1F. The summed E-state index contributed by atoms with van der Waals surface area (Å²) in [6.45, 7) is 2.07. The van der Waals surface area contributed by atoms with Crippen LogP contribution in [0.3, 0.4) is 0 Å². The first-order valence-corrected chi connectivity index (χ1v) is 5.47. The van der Waals surface area contributed by atoms with Gasteiger partial charge in [-0.2, -0.15) is 0 Å². The Labute approximate surface area is 104 Å². The Morgan fingerprint density at radius 2 is 2.17 bits per heavy atom. The molecular weight excluding hydrogens is 239 g/mol. The number of esters is 1. The molecule has 1 rings (SSSR count). The fourth-order valence-corrected chi connectivity index (χ4v) is 1.25. The molecule has 0 aliphatic carbocycles. The van der Waals surface area contributed by atoms with Gasteiger partial charge in [0.1, 0.15) is 5.82 Å². The largest absolute Gasteiger partial charge is 0.462 e. The number of hydrogen-bond donors (Lipinski definition) is 2. The fourth-order valence-electron chi connectivity index (χ4n) is 1.25. The van der Waals surface area contributed by atoms with Gasteiger partial charge in [-0.15, -0.1) is 0 Å². The van der Waals surface area contributed by atoms with Crippen molar-refractivity contribution in [3.05, 3.63) is 35.1 Å². The average molecular weight is 254 g/mol. The van der Waals surface area contributed by atoms with Crippen LogP contribution in [0.5, 0.6) is 0 Å². The molecule has 0 saturated heterocycles. The second-order valence-corrected chi connectivity index (χ2v) is 3.74. The van der Waals surface area contributed by atoms with Gasteiger partial charge in [-0.3, -0.25) is 0 Å². The molecule has 3 N–H and O–H groups in total. The first kappa shape index (κ1) is 14.0. The number of carbonyl (C=O) groups is 2. The normalized spacial score (nSPS) is 9.89. The third kappa shape index (κ3) is 4.40. The molecule has 0 bridgehead atoms. The quantitative estimate of drug-likeness (QED) is 0.614. The van der Waals surface area contributed by atoms with Gasteiger partial charge in [0.25, 0.3) is 0 Å². The van der Waals surface area contributed by atoms with Crippen LogP contribution in [0.4, 0.5) is 9.18 Å². The summed E-state index contributed by atoms with van der Waals surface area (Å²) >= 11 is 0. The summed E-state index contributed by atoms with van der Waals surface area (Å²) in [5.74, 6) is -1.03. The topological polar surface area (TPSA) is 81.4 Å². The van der Waals surface area contributed by atoms with E-state index in [0.717, 1.165) is 6.07 Å². The first-order valence-electron chi connectivity index (χ1n) is 5.47. The monoisotopic (exact) mass is 254 g/mol. The lowest BCUT2D eigenvalue weighted by atomic mass is 10.1. The van der Waals surface area contributed by atoms with Gasteiger partial charge >= 0.3 is 12.0 Å². The summed E-state index contributed by atoms with van der Waals surface area (Å²) in [7, 11) is 0. The number of nitrogens with two attached hydrogens (primary N) is 1. The number of carbonyl (C=O) groups excluding carboxylic acids is 2. The van der Waals surface area contributed by atoms with E-state index in [9.17, 15) is 14.0 Å². The molecule has 6 heteroatoms. The molecule has 0 unspecified atom stereocenters. The number of urea groups is 1. The maximum Gasteiger partial charge on any atom is 0.338 e. The minimum atomic E-state index is -0.623. The van der Waals surface area contributed by atoms with E-state index in [1.165, 1.54) is 12.1 Å². The summed E-state index contributed by atoms with van der Waals surface area (Å²) < 4.78 is 18.1. The Balaban J connectivity index is 2.36. The summed E-state index contributed by atoms with van der Waals surface area (Å²) in [6.07, 6.45) is 0.447.